The van der Waals surface area contributed by atoms with Gasteiger partial charge in [-0.05, 0) is 32.4 Å². The minimum absolute atomic E-state index is 0.104. The zero-order chi connectivity index (χ0) is 15.6. The van der Waals surface area contributed by atoms with Crippen molar-refractivity contribution in [3.63, 3.8) is 0 Å². The molecule has 4 nitrogen and oxygen atoms in total. The lowest BCUT2D eigenvalue weighted by molar-refractivity contribution is -0.385. The third-order valence-corrected chi connectivity index (χ3v) is 3.07. The highest BCUT2D eigenvalue weighted by atomic mass is 32.2. The average molecular weight is 308 g/mol. The number of nitro groups is 1. The van der Waals surface area contributed by atoms with E-state index in [1.165, 1.54) is 11.9 Å². The summed E-state index contributed by atoms with van der Waals surface area (Å²) in [5.41, 5.74) is -1.34. The fourth-order valence-electron chi connectivity index (χ4n) is 1.38. The highest BCUT2D eigenvalue weighted by Crippen LogP contribution is 2.32. The minimum Gasteiger partial charge on any atom is -0.259 e. The van der Waals surface area contributed by atoms with Gasteiger partial charge in [-0.3, -0.25) is 14.8 Å². The second-order valence-electron chi connectivity index (χ2n) is 5.18. The van der Waals surface area contributed by atoms with Crippen molar-refractivity contribution in [3.8, 4) is 0 Å². The Morgan fingerprint density at radius 1 is 1.25 bits per heavy atom. The number of nitrogens with zero attached hydrogens (tertiary/aromatic N) is 1. The molecule has 0 aliphatic heterocycles. The molecule has 0 bridgehead atoms. The Bertz CT molecular complexity index is 498. The molecule has 0 atom stereocenters. The van der Waals surface area contributed by atoms with Crippen molar-refractivity contribution in [2.75, 3.05) is 0 Å². The van der Waals surface area contributed by atoms with Crippen LogP contribution in [0.25, 0.3) is 0 Å². The lowest BCUT2D eigenvalue weighted by Crippen LogP contribution is -2.17. The van der Waals surface area contributed by atoms with Gasteiger partial charge in [-0.15, -0.1) is 0 Å². The smallest absolute Gasteiger partial charge is 0.259 e. The molecule has 1 N–H and O–H groups in total. The van der Waals surface area contributed by atoms with Gasteiger partial charge in [-0.25, -0.2) is 0 Å². The van der Waals surface area contributed by atoms with E-state index in [1.54, 1.807) is 0 Å². The topological polar surface area (TPSA) is 55.2 Å². The number of hydrogen-bond acceptors (Lipinski definition) is 4. The van der Waals surface area contributed by atoms with Gasteiger partial charge in [0.2, 0.25) is 0 Å². The zero-order valence-electron chi connectivity index (χ0n) is 11.2. The molecule has 20 heavy (non-hydrogen) atoms. The van der Waals surface area contributed by atoms with E-state index in [4.69, 9.17) is 0 Å². The van der Waals surface area contributed by atoms with Crippen LogP contribution < -0.4 is 4.72 Å². The summed E-state index contributed by atoms with van der Waals surface area (Å²) in [6.45, 7) is 5.95. The molecule has 0 aromatic heterocycles. The third kappa shape index (κ3) is 5.38. The molecule has 0 amide bonds. The van der Waals surface area contributed by atoms with Crippen molar-refractivity contribution < 1.29 is 18.1 Å². The Morgan fingerprint density at radius 3 is 2.30 bits per heavy atom. The van der Waals surface area contributed by atoms with E-state index in [-0.39, 0.29) is 16.9 Å². The van der Waals surface area contributed by atoms with Crippen LogP contribution >= 0.6 is 11.9 Å². The van der Waals surface area contributed by atoms with Gasteiger partial charge in [0.15, 0.2) is 0 Å². The molecule has 0 saturated heterocycles. The van der Waals surface area contributed by atoms with Gasteiger partial charge in [-0.1, -0.05) is 11.9 Å². The van der Waals surface area contributed by atoms with Gasteiger partial charge in [-0.2, -0.15) is 13.2 Å². The highest BCUT2D eigenvalue weighted by molar-refractivity contribution is 7.98. The number of non-ortho nitro benzene ring substituents is 1. The first-order valence-corrected chi connectivity index (χ1v) is 6.57. The predicted octanol–water partition coefficient (Wildman–Crippen LogP) is 4.15. The maximum absolute atomic E-state index is 12.7. The first-order valence-electron chi connectivity index (χ1n) is 5.75. The normalized spacial score (nSPS) is 12.5. The summed E-state index contributed by atoms with van der Waals surface area (Å²) in [6.07, 6.45) is -4.60. The lowest BCUT2D eigenvalue weighted by atomic mass is 10.1. The molecule has 1 aromatic carbocycles. The summed E-state index contributed by atoms with van der Waals surface area (Å²) in [7, 11) is 0. The standard InChI is InChI=1S/C12H15F3N2O2S/c1-11(2,3)20-16-7-8-4-9(12(13,14)15)6-10(5-8)17(18)19/h4-6,16H,7H2,1-3H3. The lowest BCUT2D eigenvalue weighted by Gasteiger charge is -2.18. The van der Waals surface area contributed by atoms with Gasteiger partial charge in [0.05, 0.1) is 10.5 Å². The van der Waals surface area contributed by atoms with Gasteiger partial charge in [0.25, 0.3) is 5.69 Å². The first-order chi connectivity index (χ1) is 8.99. The number of hydrogen-bond donors (Lipinski definition) is 1. The number of nitro benzene ring substituents is 1. The summed E-state index contributed by atoms with van der Waals surface area (Å²) >= 11 is 1.35. The molecule has 0 aliphatic carbocycles. The Morgan fingerprint density at radius 2 is 1.85 bits per heavy atom. The van der Waals surface area contributed by atoms with E-state index in [0.29, 0.717) is 6.07 Å². The molecule has 0 radical (unpaired) electrons. The van der Waals surface area contributed by atoms with Crippen LogP contribution in [-0.2, 0) is 12.7 Å². The summed E-state index contributed by atoms with van der Waals surface area (Å²) in [6, 6.07) is 2.61. The summed E-state index contributed by atoms with van der Waals surface area (Å²) in [5.74, 6) is 0. The van der Waals surface area contributed by atoms with E-state index < -0.39 is 22.4 Å². The number of alkyl halides is 3. The van der Waals surface area contributed by atoms with Crippen LogP contribution in [0.1, 0.15) is 31.9 Å². The first kappa shape index (κ1) is 16.8. The number of halogens is 3. The molecule has 112 valence electrons. The van der Waals surface area contributed by atoms with Crippen molar-refractivity contribution >= 4 is 17.6 Å². The van der Waals surface area contributed by atoms with Crippen molar-refractivity contribution in [2.24, 2.45) is 0 Å². The second-order valence-corrected chi connectivity index (χ2v) is 6.90. The third-order valence-electron chi connectivity index (χ3n) is 2.17. The van der Waals surface area contributed by atoms with Gasteiger partial charge in [0.1, 0.15) is 0 Å². The van der Waals surface area contributed by atoms with Crippen LogP contribution in [0, 0.1) is 10.1 Å². The van der Waals surface area contributed by atoms with Crippen LogP contribution in [0.3, 0.4) is 0 Å². The molecule has 8 heteroatoms. The molecule has 0 fully saturated rings. The monoisotopic (exact) mass is 308 g/mol. The van der Waals surface area contributed by atoms with E-state index >= 15 is 0 Å². The van der Waals surface area contributed by atoms with E-state index in [1.807, 2.05) is 20.8 Å². The Hall–Kier alpha value is -1.28. The highest BCUT2D eigenvalue weighted by Gasteiger charge is 2.32. The van der Waals surface area contributed by atoms with Crippen molar-refractivity contribution in [2.45, 2.75) is 38.2 Å². The number of benzene rings is 1. The van der Waals surface area contributed by atoms with E-state index in [2.05, 4.69) is 4.72 Å². The van der Waals surface area contributed by atoms with E-state index in [0.717, 1.165) is 12.1 Å². The molecule has 1 rings (SSSR count). The predicted molar refractivity (Wildman–Crippen MR) is 72.3 cm³/mol. The van der Waals surface area contributed by atoms with Gasteiger partial charge < -0.3 is 0 Å². The summed E-state index contributed by atoms with van der Waals surface area (Å²) in [4.78, 5) is 9.85. The Labute approximate surface area is 119 Å². The van der Waals surface area contributed by atoms with Crippen molar-refractivity contribution in [1.29, 1.82) is 0 Å². The molecule has 0 spiro atoms. The Kier molecular flexibility index (Phi) is 5.04. The molecular formula is C12H15F3N2O2S. The fourth-order valence-corrected chi connectivity index (χ4v) is 2.05. The maximum atomic E-state index is 12.7. The zero-order valence-corrected chi connectivity index (χ0v) is 12.1. The maximum Gasteiger partial charge on any atom is 0.416 e. The summed E-state index contributed by atoms with van der Waals surface area (Å²) < 4.78 is 40.8. The van der Waals surface area contributed by atoms with Crippen LogP contribution in [0.5, 0.6) is 0 Å². The Balaban J connectivity index is 2.95. The molecule has 0 unspecified atom stereocenters. The quantitative estimate of drug-likeness (QED) is 0.516. The van der Waals surface area contributed by atoms with Crippen molar-refractivity contribution in [1.82, 2.24) is 4.72 Å². The average Bonchev–Trinajstić information content (AvgIpc) is 2.25. The minimum atomic E-state index is -4.60. The van der Waals surface area contributed by atoms with Crippen LogP contribution in [-0.4, -0.2) is 9.67 Å². The van der Waals surface area contributed by atoms with Crippen molar-refractivity contribution in [3.05, 3.63) is 39.4 Å². The SMILES string of the molecule is CC(C)(C)SNCc1cc([N+](=O)[O-])cc(C(F)(F)F)c1. The molecule has 0 saturated carbocycles. The van der Waals surface area contributed by atoms with Gasteiger partial charge >= 0.3 is 6.18 Å². The van der Waals surface area contributed by atoms with Crippen LogP contribution in [0.2, 0.25) is 0 Å². The van der Waals surface area contributed by atoms with Crippen LogP contribution in [0.15, 0.2) is 18.2 Å². The largest absolute Gasteiger partial charge is 0.416 e. The molecule has 0 aliphatic rings. The number of rotatable bonds is 4. The fraction of sp³-hybridized carbons (Fsp3) is 0.500. The summed E-state index contributed by atoms with van der Waals surface area (Å²) in [5, 5.41) is 10.7. The van der Waals surface area contributed by atoms with Gasteiger partial charge in [0, 0.05) is 23.4 Å². The molecular weight excluding hydrogens is 293 g/mol. The van der Waals surface area contributed by atoms with Crippen LogP contribution in [0.4, 0.5) is 18.9 Å². The van der Waals surface area contributed by atoms with E-state index in [9.17, 15) is 23.3 Å². The molecule has 1 aromatic rings. The number of nitrogens with one attached hydrogen (secondary N) is 1. The second kappa shape index (κ2) is 6.01. The molecule has 0 heterocycles.